The molecule has 0 fully saturated rings. The average Bonchev–Trinajstić information content (AvgIpc) is 2.38. The molecule has 0 saturated carbocycles. The zero-order valence-electron chi connectivity index (χ0n) is 9.09. The van der Waals surface area contributed by atoms with E-state index in [1.54, 1.807) is 6.07 Å². The van der Waals surface area contributed by atoms with E-state index in [9.17, 15) is 10.1 Å². The Morgan fingerprint density at radius 3 is 2.72 bits per heavy atom. The maximum Gasteiger partial charge on any atom is 0.271 e. The van der Waals surface area contributed by atoms with Crippen LogP contribution in [0.15, 0.2) is 46.9 Å². The highest BCUT2D eigenvalue weighted by atomic mass is 16.6. The Hall–Kier alpha value is -2.90. The summed E-state index contributed by atoms with van der Waals surface area (Å²) in [6.07, 6.45) is 2.71. The van der Waals surface area contributed by atoms with Crippen LogP contribution in [0.4, 0.5) is 23.0 Å². The van der Waals surface area contributed by atoms with Gasteiger partial charge in [-0.1, -0.05) is 6.07 Å². The molecule has 8 heteroatoms. The number of hydrogen-bond donors (Lipinski definition) is 1. The molecule has 2 aromatic rings. The van der Waals surface area contributed by atoms with Gasteiger partial charge in [0, 0.05) is 12.1 Å². The zero-order valence-corrected chi connectivity index (χ0v) is 9.09. The first-order chi connectivity index (χ1) is 8.65. The van der Waals surface area contributed by atoms with Gasteiger partial charge >= 0.3 is 0 Å². The molecule has 18 heavy (non-hydrogen) atoms. The second-order valence-corrected chi connectivity index (χ2v) is 3.28. The first kappa shape index (κ1) is 11.6. The van der Waals surface area contributed by atoms with Gasteiger partial charge in [0.2, 0.25) is 0 Å². The summed E-state index contributed by atoms with van der Waals surface area (Å²) >= 11 is 0. The van der Waals surface area contributed by atoms with Gasteiger partial charge in [-0.2, -0.15) is 0 Å². The summed E-state index contributed by atoms with van der Waals surface area (Å²) in [5.74, 6) is 0.556. The van der Waals surface area contributed by atoms with Crippen molar-refractivity contribution in [3.05, 3.63) is 46.8 Å². The number of hydrogen-bond acceptors (Lipinski definition) is 7. The van der Waals surface area contributed by atoms with Gasteiger partial charge in [0.25, 0.3) is 5.69 Å². The van der Waals surface area contributed by atoms with E-state index < -0.39 is 4.92 Å². The van der Waals surface area contributed by atoms with E-state index >= 15 is 0 Å². The predicted molar refractivity (Wildman–Crippen MR) is 63.7 cm³/mol. The molecule has 0 bridgehead atoms. The van der Waals surface area contributed by atoms with Crippen molar-refractivity contribution in [2.24, 2.45) is 10.2 Å². The maximum absolute atomic E-state index is 10.6. The van der Waals surface area contributed by atoms with Crippen molar-refractivity contribution in [3.8, 4) is 0 Å². The number of anilines is 1. The first-order valence-corrected chi connectivity index (χ1v) is 4.89. The van der Waals surface area contributed by atoms with Crippen molar-refractivity contribution in [3.63, 3.8) is 0 Å². The third-order valence-electron chi connectivity index (χ3n) is 1.97. The van der Waals surface area contributed by atoms with E-state index in [1.807, 2.05) is 0 Å². The summed E-state index contributed by atoms with van der Waals surface area (Å²) in [5, 5.41) is 18.2. The molecule has 2 N–H and O–H groups in total. The van der Waals surface area contributed by atoms with Gasteiger partial charge in [-0.3, -0.25) is 10.1 Å². The molecule has 0 amide bonds. The number of non-ortho nitro benzene ring substituents is 1. The zero-order chi connectivity index (χ0) is 13.0. The van der Waals surface area contributed by atoms with Gasteiger partial charge in [0.15, 0.2) is 5.82 Å². The number of nitro groups is 1. The number of azo groups is 1. The number of aromatic nitrogens is 2. The minimum absolute atomic E-state index is 0.0464. The molecular weight excluding hydrogens is 236 g/mol. The lowest BCUT2D eigenvalue weighted by Gasteiger charge is -1.94. The quantitative estimate of drug-likeness (QED) is 0.504. The summed E-state index contributed by atoms with van der Waals surface area (Å²) in [4.78, 5) is 17.7. The highest BCUT2D eigenvalue weighted by Crippen LogP contribution is 2.21. The minimum Gasteiger partial charge on any atom is -0.382 e. The van der Waals surface area contributed by atoms with Crippen LogP contribution in [0.25, 0.3) is 0 Å². The van der Waals surface area contributed by atoms with Gasteiger partial charge in [-0.05, 0) is 6.07 Å². The van der Waals surface area contributed by atoms with Crippen LogP contribution in [0.3, 0.4) is 0 Å². The van der Waals surface area contributed by atoms with Gasteiger partial charge in [0.05, 0.1) is 23.0 Å². The van der Waals surface area contributed by atoms with Crippen LogP contribution in [0.2, 0.25) is 0 Å². The summed E-state index contributed by atoms with van der Waals surface area (Å²) in [6.45, 7) is 0. The molecule has 90 valence electrons. The van der Waals surface area contributed by atoms with Crippen molar-refractivity contribution < 1.29 is 4.92 Å². The monoisotopic (exact) mass is 244 g/mol. The first-order valence-electron chi connectivity index (χ1n) is 4.89. The van der Waals surface area contributed by atoms with Crippen molar-refractivity contribution >= 4 is 23.0 Å². The molecule has 1 aromatic carbocycles. The van der Waals surface area contributed by atoms with Crippen molar-refractivity contribution in [2.45, 2.75) is 0 Å². The highest BCUT2D eigenvalue weighted by Gasteiger charge is 2.04. The van der Waals surface area contributed by atoms with Crippen molar-refractivity contribution in [1.82, 2.24) is 9.97 Å². The fourth-order valence-corrected chi connectivity index (χ4v) is 1.16. The van der Waals surface area contributed by atoms with Crippen LogP contribution >= 0.6 is 0 Å². The van der Waals surface area contributed by atoms with Gasteiger partial charge in [0.1, 0.15) is 5.82 Å². The molecule has 0 unspecified atom stereocenters. The van der Waals surface area contributed by atoms with Gasteiger partial charge in [-0.25, -0.2) is 9.97 Å². The molecule has 0 aliphatic heterocycles. The minimum atomic E-state index is -0.498. The molecule has 1 aromatic heterocycles. The molecule has 1 heterocycles. The van der Waals surface area contributed by atoms with Crippen LogP contribution in [-0.4, -0.2) is 14.9 Å². The van der Waals surface area contributed by atoms with Crippen LogP contribution in [0.1, 0.15) is 0 Å². The Kier molecular flexibility index (Phi) is 3.19. The third kappa shape index (κ3) is 2.82. The highest BCUT2D eigenvalue weighted by molar-refractivity contribution is 5.46. The molecular formula is C10H8N6O2. The van der Waals surface area contributed by atoms with Crippen molar-refractivity contribution in [2.75, 3.05) is 5.73 Å². The molecule has 8 nitrogen and oxygen atoms in total. The summed E-state index contributed by atoms with van der Waals surface area (Å²) in [6, 6.07) is 5.82. The molecule has 0 atom stereocenters. The molecule has 0 aliphatic carbocycles. The molecule has 0 saturated heterocycles. The lowest BCUT2D eigenvalue weighted by atomic mass is 10.3. The average molecular weight is 244 g/mol. The summed E-state index contributed by atoms with van der Waals surface area (Å²) < 4.78 is 0. The Morgan fingerprint density at radius 2 is 2.06 bits per heavy atom. The summed E-state index contributed by atoms with van der Waals surface area (Å²) in [5.41, 5.74) is 5.68. The van der Waals surface area contributed by atoms with Crippen LogP contribution in [0, 0.1) is 10.1 Å². The third-order valence-corrected chi connectivity index (χ3v) is 1.97. The normalized spacial score (nSPS) is 10.7. The van der Waals surface area contributed by atoms with Crippen LogP contribution in [-0.2, 0) is 0 Å². The van der Waals surface area contributed by atoms with E-state index in [1.165, 1.54) is 30.6 Å². The van der Waals surface area contributed by atoms with Crippen LogP contribution in [0.5, 0.6) is 0 Å². The number of nitro benzene ring substituents is 1. The van der Waals surface area contributed by atoms with E-state index in [2.05, 4.69) is 20.2 Å². The van der Waals surface area contributed by atoms with E-state index in [-0.39, 0.29) is 17.3 Å². The molecule has 0 radical (unpaired) electrons. The fourth-order valence-electron chi connectivity index (χ4n) is 1.16. The number of nitrogen functional groups attached to an aromatic ring is 1. The SMILES string of the molecule is Nc1cnc(N=Nc2cccc([N+](=O)[O-])c2)cn1. The molecule has 0 aliphatic rings. The Labute approximate surface area is 101 Å². The van der Waals surface area contributed by atoms with Gasteiger partial charge in [-0.15, -0.1) is 10.2 Å². The van der Waals surface area contributed by atoms with Gasteiger partial charge < -0.3 is 5.73 Å². The fraction of sp³-hybridized carbons (Fsp3) is 0. The summed E-state index contributed by atoms with van der Waals surface area (Å²) in [7, 11) is 0. The Morgan fingerprint density at radius 1 is 1.22 bits per heavy atom. The smallest absolute Gasteiger partial charge is 0.271 e. The number of nitrogens with two attached hydrogens (primary N) is 1. The topological polar surface area (TPSA) is 120 Å². The maximum atomic E-state index is 10.6. The van der Waals surface area contributed by atoms with Crippen molar-refractivity contribution in [1.29, 1.82) is 0 Å². The molecule has 2 rings (SSSR count). The lowest BCUT2D eigenvalue weighted by molar-refractivity contribution is -0.384. The number of nitrogens with zero attached hydrogens (tertiary/aromatic N) is 5. The second kappa shape index (κ2) is 4.95. The van der Waals surface area contributed by atoms with E-state index in [0.29, 0.717) is 5.69 Å². The Bertz CT molecular complexity index is 596. The predicted octanol–water partition coefficient (Wildman–Crippen LogP) is 2.38. The molecule has 0 spiro atoms. The second-order valence-electron chi connectivity index (χ2n) is 3.28. The Balaban J connectivity index is 2.20. The van der Waals surface area contributed by atoms with E-state index in [4.69, 9.17) is 5.73 Å². The lowest BCUT2D eigenvalue weighted by Crippen LogP contribution is -1.89. The largest absolute Gasteiger partial charge is 0.382 e. The standard InChI is InChI=1S/C10H8N6O2/c11-9-5-13-10(6-12-9)15-14-7-2-1-3-8(4-7)16(17)18/h1-6H,(H2,11,12). The number of benzene rings is 1. The van der Waals surface area contributed by atoms with Crippen LogP contribution < -0.4 is 5.73 Å². The number of rotatable bonds is 3. The van der Waals surface area contributed by atoms with E-state index in [0.717, 1.165) is 0 Å².